The van der Waals surface area contributed by atoms with Crippen molar-refractivity contribution in [1.29, 1.82) is 1.34 Å². The molecule has 1 unspecified atom stereocenters. The summed E-state index contributed by atoms with van der Waals surface area (Å²) in [5.41, 5.74) is -0.425. The van der Waals surface area contributed by atoms with Crippen LogP contribution < -0.4 is 29.6 Å². The molecule has 0 aliphatic rings. The number of unbranched alkanes of at least 4 members (excludes halogenated alkanes) is 2. The molecule has 0 aromatic heterocycles. The maximum absolute atomic E-state index is 12.2. The molecule has 0 aliphatic carbocycles. The number of ether oxygens (including phenoxy) is 10. The van der Waals surface area contributed by atoms with Crippen molar-refractivity contribution < 1.29 is 96.8 Å². The number of carbonyl (C=O) groups is 4. The predicted octanol–water partition coefficient (Wildman–Crippen LogP) is 3.00. The molecule has 2 amide bonds. The Labute approximate surface area is 405 Å². The largest absolute Gasteiger partial charge is 0.508 e. The molecular weight excluding hydrogens is 942 g/mol. The van der Waals surface area contributed by atoms with Crippen molar-refractivity contribution >= 4 is 52.0 Å². The first kappa shape index (κ1) is 65.1. The number of aliphatic hydroxyl groups excluding tert-OH is 4. The number of nitro benzene ring substituents is 2. The standard InChI is InChI=1S/C21H30N2O12.C13H18N2O8.C4H10O2.C3H9P.BH/c1-14(24)32-7-5-6-8-33-21(26)35-13-16(12-29-2)22-20(25)34-11-15-9-18(30-3)19(31-4)10-17(15)23(27)28;1-21-11-3-8(10(15(19)20)4-12(11)22-2)7-23-13(18)14-9(5-16)6-17;5-3-1-2-4-6;1-4(2)3;/h9-10,16H,5-8,11-13H2,1-4H3,(H,22,25);3-4,9,16-17H,5-7H2,1-2H3,(H,14,18);5-6H,1-4H2;1-3H3;1H/i;;;;1D. The van der Waals surface area contributed by atoms with Crippen molar-refractivity contribution in [2.24, 2.45) is 0 Å². The van der Waals surface area contributed by atoms with Crippen LogP contribution in [0.1, 0.15) is 43.7 Å². The van der Waals surface area contributed by atoms with Crippen LogP contribution >= 0.6 is 7.92 Å². The smallest absolute Gasteiger partial charge is 0.493 e. The number of benzene rings is 2. The lowest BCUT2D eigenvalue weighted by Gasteiger charge is -2.18. The number of methoxy groups -OCH3 is 5. The number of rotatable bonds is 26. The summed E-state index contributed by atoms with van der Waals surface area (Å²) in [6, 6.07) is 3.35. The molecule has 26 nitrogen and oxygen atoms in total. The lowest BCUT2D eigenvalue weighted by molar-refractivity contribution is -0.386. The average molecular weight is 1010 g/mol. The molecule has 0 saturated heterocycles. The van der Waals surface area contributed by atoms with Gasteiger partial charge in [-0.3, -0.25) is 25.0 Å². The Kier molecular flexibility index (Phi) is 38.7. The van der Waals surface area contributed by atoms with E-state index in [4.69, 9.17) is 69.1 Å². The third kappa shape index (κ3) is 31.6. The van der Waals surface area contributed by atoms with Crippen LogP contribution in [0.25, 0.3) is 0 Å². The number of nitrogens with one attached hydrogen (secondary N) is 2. The van der Waals surface area contributed by atoms with Gasteiger partial charge in [0.15, 0.2) is 23.0 Å². The first-order chi connectivity index (χ1) is 33.3. The highest BCUT2D eigenvalue weighted by atomic mass is 31.1. The highest BCUT2D eigenvalue weighted by Crippen LogP contribution is 2.36. The van der Waals surface area contributed by atoms with E-state index in [0.717, 1.165) is 12.8 Å². The topological polar surface area (TPSA) is 352 Å². The Morgan fingerprint density at radius 3 is 1.33 bits per heavy atom. The zero-order chi connectivity index (χ0) is 54.0. The molecule has 2 aromatic carbocycles. The minimum atomic E-state index is -0.949. The average Bonchev–Trinajstić information content (AvgIpc) is 3.33. The summed E-state index contributed by atoms with van der Waals surface area (Å²) in [6.07, 6.45) is -0.371. The number of hydrogen-bond acceptors (Lipinski definition) is 22. The fourth-order valence-electron chi connectivity index (χ4n) is 4.59. The number of esters is 1. The third-order valence-corrected chi connectivity index (χ3v) is 7.77. The van der Waals surface area contributed by atoms with Gasteiger partial charge in [-0.05, 0) is 59.1 Å². The predicted molar refractivity (Wildman–Crippen MR) is 251 cm³/mol. The van der Waals surface area contributed by atoms with Crippen LogP contribution in [0.3, 0.4) is 0 Å². The van der Waals surface area contributed by atoms with Gasteiger partial charge in [-0.2, -0.15) is 0 Å². The number of nitro groups is 2. The SMILES string of the molecule is COCC(COC(=O)OCCCCOC(C)=O)NC(=O)OCc1cc(OC)c(OC)cc1[N+](=O)[O-].COc1cc(COC(=O)NC(CO)CO)c([N+](=O)[O-])cc1OC.CP(C)C.OCCCCO.[2H][B]. The van der Waals surface area contributed by atoms with E-state index < -0.39 is 66.7 Å². The first-order valence-electron chi connectivity index (χ1n) is 21.0. The van der Waals surface area contributed by atoms with Gasteiger partial charge >= 0.3 is 24.3 Å². The van der Waals surface area contributed by atoms with E-state index in [9.17, 15) is 39.4 Å². The summed E-state index contributed by atoms with van der Waals surface area (Å²) in [5.74, 6) is 0.421. The van der Waals surface area contributed by atoms with Crippen molar-refractivity contribution in [3.05, 3.63) is 55.6 Å². The zero-order valence-electron chi connectivity index (χ0n) is 41.4. The van der Waals surface area contributed by atoms with E-state index in [1.54, 1.807) is 0 Å². The van der Waals surface area contributed by atoms with Crippen molar-refractivity contribution in [1.82, 2.24) is 10.6 Å². The Bertz CT molecular complexity index is 1790. The third-order valence-electron chi connectivity index (χ3n) is 7.77. The van der Waals surface area contributed by atoms with Crippen LogP contribution in [-0.4, -0.2) is 185 Å². The number of nitrogens with zero attached hydrogens (tertiary/aromatic N) is 2. The number of aliphatic hydroxyl groups is 4. The van der Waals surface area contributed by atoms with Crippen molar-refractivity contribution in [2.45, 2.75) is 57.9 Å². The summed E-state index contributed by atoms with van der Waals surface area (Å²) < 4.78 is 55.0. The summed E-state index contributed by atoms with van der Waals surface area (Å²) in [5, 5.41) is 61.0. The van der Waals surface area contributed by atoms with Crippen LogP contribution in [0.2, 0.25) is 0 Å². The monoisotopic (exact) mass is 1010 g/mol. The molecule has 69 heavy (non-hydrogen) atoms. The number of hydrogen-bond donors (Lipinski definition) is 6. The maximum Gasteiger partial charge on any atom is 0.508 e. The Morgan fingerprint density at radius 1 is 0.623 bits per heavy atom. The van der Waals surface area contributed by atoms with Gasteiger partial charge in [-0.15, -0.1) is 7.92 Å². The minimum absolute atomic E-state index is 0.0126. The van der Waals surface area contributed by atoms with Crippen molar-refractivity contribution in [3.8, 4) is 23.0 Å². The number of alkyl carbamates (subject to hydrolysis) is 2. The summed E-state index contributed by atoms with van der Waals surface area (Å²) in [6.45, 7) is 6.62. The van der Waals surface area contributed by atoms with Crippen LogP contribution in [0.15, 0.2) is 24.3 Å². The highest BCUT2D eigenvalue weighted by Gasteiger charge is 2.23. The molecule has 2 rings (SSSR count). The fraction of sp³-hybridized carbons (Fsp3) is 0.610. The normalized spacial score (nSPS) is 10.4. The van der Waals surface area contributed by atoms with E-state index in [-0.39, 0.29) is 91.1 Å². The molecule has 0 spiro atoms. The Hall–Kier alpha value is -5.99. The molecule has 28 heteroatoms. The van der Waals surface area contributed by atoms with Crippen LogP contribution in [0, 0.1) is 20.2 Å². The molecule has 6 N–H and O–H groups in total. The van der Waals surface area contributed by atoms with E-state index in [0.29, 0.717) is 20.8 Å². The molecule has 0 heterocycles. The lowest BCUT2D eigenvalue weighted by Crippen LogP contribution is -2.42. The summed E-state index contributed by atoms with van der Waals surface area (Å²) in [7, 11) is 10.9. The van der Waals surface area contributed by atoms with Crippen molar-refractivity contribution in [2.75, 3.05) is 108 Å². The minimum Gasteiger partial charge on any atom is -0.493 e. The van der Waals surface area contributed by atoms with Crippen molar-refractivity contribution in [3.63, 3.8) is 0 Å². The van der Waals surface area contributed by atoms with E-state index in [1.165, 1.54) is 66.7 Å². The van der Waals surface area contributed by atoms with E-state index in [2.05, 4.69) is 39.0 Å². The highest BCUT2D eigenvalue weighted by molar-refractivity contribution is 7.55. The zero-order valence-corrected chi connectivity index (χ0v) is 41.3. The van der Waals surface area contributed by atoms with Crippen LogP contribution in [-0.2, 0) is 46.4 Å². The molecule has 2 radical (unpaired) electrons. The molecular formula is C41H68BN4O22P. The van der Waals surface area contributed by atoms with Gasteiger partial charge < -0.3 is 78.4 Å². The van der Waals surface area contributed by atoms with Gasteiger partial charge in [0.25, 0.3) is 11.4 Å². The summed E-state index contributed by atoms with van der Waals surface area (Å²) in [4.78, 5) is 67.3. The molecule has 392 valence electrons. The quantitative estimate of drug-likeness (QED) is 0.0150. The maximum atomic E-state index is 12.2. The Balaban J connectivity index is -0.00000109. The van der Waals surface area contributed by atoms with Gasteiger partial charge in [0.05, 0.1) is 107 Å². The molecule has 2 aromatic rings. The fourth-order valence-corrected chi connectivity index (χ4v) is 4.59. The van der Waals surface area contributed by atoms with Gasteiger partial charge in [0.1, 0.15) is 19.8 Å². The van der Waals surface area contributed by atoms with Gasteiger partial charge in [0.2, 0.25) is 0 Å². The molecule has 0 saturated carbocycles. The lowest BCUT2D eigenvalue weighted by atomic mass is 10.1. The van der Waals surface area contributed by atoms with Gasteiger partial charge in [0, 0.05) is 35.6 Å². The second-order valence-corrected chi connectivity index (χ2v) is 16.5. The molecule has 1 atom stereocenters. The van der Waals surface area contributed by atoms with E-state index >= 15 is 0 Å². The van der Waals surface area contributed by atoms with E-state index in [1.807, 2.05) is 0 Å². The van der Waals surface area contributed by atoms with Gasteiger partial charge in [-0.25, -0.2) is 14.4 Å². The van der Waals surface area contributed by atoms with Gasteiger partial charge in [-0.1, -0.05) is 0 Å². The molecule has 0 bridgehead atoms. The van der Waals surface area contributed by atoms with Crippen LogP contribution in [0.5, 0.6) is 23.0 Å². The second-order valence-electron chi connectivity index (χ2n) is 13.8. The molecule has 0 aliphatic heterocycles. The number of amides is 2. The van der Waals surface area contributed by atoms with Crippen LogP contribution in [0.4, 0.5) is 25.8 Å². The molecule has 0 fully saturated rings. The first-order valence-corrected chi connectivity index (χ1v) is 23.1. The second kappa shape index (κ2) is 41.0. The number of carbonyl (C=O) groups excluding carboxylic acids is 4. The Morgan fingerprint density at radius 2 is 1.00 bits per heavy atom. The summed E-state index contributed by atoms with van der Waals surface area (Å²) >= 11 is 0.